The highest BCUT2D eigenvalue weighted by Crippen LogP contribution is 2.63. The SMILES string of the molecule is COC12CC3C(C)C(OC1=O)C2C3C. The topological polar surface area (TPSA) is 35.5 Å². The van der Waals surface area contributed by atoms with E-state index in [-0.39, 0.29) is 12.1 Å². The lowest BCUT2D eigenvalue weighted by molar-refractivity contribution is -0.157. The van der Waals surface area contributed by atoms with Crippen LogP contribution in [0.4, 0.5) is 0 Å². The highest BCUT2D eigenvalue weighted by Gasteiger charge is 2.72. The molecular formula is C11H16O3. The summed E-state index contributed by atoms with van der Waals surface area (Å²) in [5.74, 6) is 1.89. The quantitative estimate of drug-likeness (QED) is 0.591. The molecule has 1 aliphatic heterocycles. The van der Waals surface area contributed by atoms with Gasteiger partial charge in [-0.3, -0.25) is 0 Å². The molecule has 6 unspecified atom stereocenters. The van der Waals surface area contributed by atoms with E-state index in [1.54, 1.807) is 7.11 Å². The molecule has 3 fully saturated rings. The van der Waals surface area contributed by atoms with Crippen LogP contribution in [0.5, 0.6) is 0 Å². The number of hydrogen-bond donors (Lipinski definition) is 0. The molecule has 6 atom stereocenters. The summed E-state index contributed by atoms with van der Waals surface area (Å²) in [7, 11) is 1.64. The molecule has 0 radical (unpaired) electrons. The molecular weight excluding hydrogens is 180 g/mol. The first-order chi connectivity index (χ1) is 6.62. The van der Waals surface area contributed by atoms with E-state index < -0.39 is 5.60 Å². The summed E-state index contributed by atoms with van der Waals surface area (Å²) in [4.78, 5) is 11.8. The first-order valence-electron chi connectivity index (χ1n) is 5.38. The molecule has 0 amide bonds. The van der Waals surface area contributed by atoms with Crippen LogP contribution in [0.2, 0.25) is 0 Å². The van der Waals surface area contributed by atoms with Gasteiger partial charge in [-0.05, 0) is 24.2 Å². The van der Waals surface area contributed by atoms with Gasteiger partial charge in [-0.25, -0.2) is 4.79 Å². The predicted octanol–water partition coefficient (Wildman–Crippen LogP) is 1.22. The highest BCUT2D eigenvalue weighted by atomic mass is 16.6. The fourth-order valence-electron chi connectivity index (χ4n) is 4.09. The van der Waals surface area contributed by atoms with Crippen LogP contribution in [-0.2, 0) is 14.3 Å². The van der Waals surface area contributed by atoms with Crippen molar-refractivity contribution < 1.29 is 14.3 Å². The molecule has 3 rings (SSSR count). The number of esters is 1. The molecule has 1 heterocycles. The lowest BCUT2D eigenvalue weighted by Gasteiger charge is -2.29. The van der Waals surface area contributed by atoms with E-state index in [4.69, 9.17) is 9.47 Å². The van der Waals surface area contributed by atoms with Crippen molar-refractivity contribution in [1.29, 1.82) is 0 Å². The van der Waals surface area contributed by atoms with Crippen LogP contribution in [-0.4, -0.2) is 24.8 Å². The Morgan fingerprint density at radius 2 is 2.14 bits per heavy atom. The monoisotopic (exact) mass is 196 g/mol. The summed E-state index contributed by atoms with van der Waals surface area (Å²) in [6, 6.07) is 0. The second-order valence-corrected chi connectivity index (χ2v) is 5.08. The van der Waals surface area contributed by atoms with E-state index in [1.807, 2.05) is 0 Å². The summed E-state index contributed by atoms with van der Waals surface area (Å²) in [6.07, 6.45) is 0.988. The summed E-state index contributed by atoms with van der Waals surface area (Å²) >= 11 is 0. The van der Waals surface area contributed by atoms with Crippen LogP contribution in [0, 0.1) is 23.7 Å². The fraction of sp³-hybridized carbons (Fsp3) is 0.909. The van der Waals surface area contributed by atoms with E-state index in [1.165, 1.54) is 0 Å². The third kappa shape index (κ3) is 0.659. The van der Waals surface area contributed by atoms with E-state index in [2.05, 4.69) is 13.8 Å². The molecule has 2 aliphatic carbocycles. The molecule has 1 saturated heterocycles. The second-order valence-electron chi connectivity index (χ2n) is 5.08. The molecule has 2 bridgehead atoms. The minimum absolute atomic E-state index is 0.117. The predicted molar refractivity (Wildman–Crippen MR) is 49.5 cm³/mol. The van der Waals surface area contributed by atoms with Crippen molar-refractivity contribution in [2.75, 3.05) is 7.11 Å². The number of hydrogen-bond acceptors (Lipinski definition) is 3. The molecule has 78 valence electrons. The highest BCUT2D eigenvalue weighted by molar-refractivity contribution is 5.84. The van der Waals surface area contributed by atoms with E-state index in [0.29, 0.717) is 23.7 Å². The van der Waals surface area contributed by atoms with Gasteiger partial charge in [-0.1, -0.05) is 13.8 Å². The van der Waals surface area contributed by atoms with E-state index in [9.17, 15) is 4.79 Å². The Morgan fingerprint density at radius 1 is 1.43 bits per heavy atom. The van der Waals surface area contributed by atoms with Crippen molar-refractivity contribution in [3.63, 3.8) is 0 Å². The first kappa shape index (κ1) is 8.72. The molecule has 0 aromatic rings. The minimum atomic E-state index is -0.582. The molecule has 3 nitrogen and oxygen atoms in total. The zero-order valence-corrected chi connectivity index (χ0v) is 8.82. The van der Waals surface area contributed by atoms with Crippen molar-refractivity contribution in [3.05, 3.63) is 0 Å². The number of carbonyl (C=O) groups excluding carboxylic acids is 1. The van der Waals surface area contributed by atoms with Gasteiger partial charge in [-0.15, -0.1) is 0 Å². The summed E-state index contributed by atoms with van der Waals surface area (Å²) in [5.41, 5.74) is -0.582. The Hall–Kier alpha value is -0.570. The van der Waals surface area contributed by atoms with Crippen LogP contribution < -0.4 is 0 Å². The fourth-order valence-corrected chi connectivity index (χ4v) is 4.09. The summed E-state index contributed by atoms with van der Waals surface area (Å²) < 4.78 is 10.9. The van der Waals surface area contributed by atoms with Gasteiger partial charge >= 0.3 is 5.97 Å². The zero-order valence-electron chi connectivity index (χ0n) is 8.82. The van der Waals surface area contributed by atoms with E-state index >= 15 is 0 Å². The summed E-state index contributed by atoms with van der Waals surface area (Å²) in [5, 5.41) is 0. The van der Waals surface area contributed by atoms with Gasteiger partial charge in [0.05, 0.1) is 0 Å². The van der Waals surface area contributed by atoms with Gasteiger partial charge in [-0.2, -0.15) is 0 Å². The van der Waals surface area contributed by atoms with Crippen molar-refractivity contribution in [2.24, 2.45) is 23.7 Å². The van der Waals surface area contributed by atoms with Crippen LogP contribution in [0.1, 0.15) is 20.3 Å². The van der Waals surface area contributed by atoms with Gasteiger partial charge in [0, 0.05) is 13.0 Å². The maximum Gasteiger partial charge on any atom is 0.339 e. The van der Waals surface area contributed by atoms with Crippen LogP contribution in [0.3, 0.4) is 0 Å². The standard InChI is InChI=1S/C11H16O3/c1-5-7-4-11(13-3)8(5)9(6(7)2)14-10(11)12/h5-9H,4H2,1-3H3. The second kappa shape index (κ2) is 2.32. The average Bonchev–Trinajstić information content (AvgIpc) is 2.67. The molecule has 3 heteroatoms. The maximum atomic E-state index is 11.8. The first-order valence-corrected chi connectivity index (χ1v) is 5.38. The molecule has 2 saturated carbocycles. The van der Waals surface area contributed by atoms with Gasteiger partial charge in [0.15, 0.2) is 5.60 Å². The number of fused-ring (bicyclic) bond motifs is 1. The molecule has 14 heavy (non-hydrogen) atoms. The van der Waals surface area contributed by atoms with Crippen molar-refractivity contribution >= 4 is 5.97 Å². The zero-order chi connectivity index (χ0) is 10.1. The minimum Gasteiger partial charge on any atom is -0.459 e. The molecule has 0 aromatic heterocycles. The number of carbonyl (C=O) groups is 1. The average molecular weight is 196 g/mol. The van der Waals surface area contributed by atoms with Crippen LogP contribution >= 0.6 is 0 Å². The Bertz CT molecular complexity index is 301. The van der Waals surface area contributed by atoms with Crippen LogP contribution in [0.15, 0.2) is 0 Å². The Balaban J connectivity index is 2.09. The smallest absolute Gasteiger partial charge is 0.339 e. The van der Waals surface area contributed by atoms with Crippen molar-refractivity contribution in [3.8, 4) is 0 Å². The van der Waals surface area contributed by atoms with Crippen molar-refractivity contribution in [2.45, 2.75) is 32.0 Å². The van der Waals surface area contributed by atoms with Gasteiger partial charge in [0.25, 0.3) is 0 Å². The van der Waals surface area contributed by atoms with E-state index in [0.717, 1.165) is 6.42 Å². The molecule has 3 aliphatic rings. The lowest BCUT2D eigenvalue weighted by atomic mass is 9.80. The Kier molecular flexibility index (Phi) is 1.45. The third-order valence-electron chi connectivity index (χ3n) is 4.82. The normalized spacial score (nSPS) is 59.4. The van der Waals surface area contributed by atoms with Crippen molar-refractivity contribution in [1.82, 2.24) is 0 Å². The van der Waals surface area contributed by atoms with Gasteiger partial charge < -0.3 is 9.47 Å². The third-order valence-corrected chi connectivity index (χ3v) is 4.82. The Morgan fingerprint density at radius 3 is 2.71 bits per heavy atom. The largest absolute Gasteiger partial charge is 0.459 e. The number of methoxy groups -OCH3 is 1. The summed E-state index contributed by atoms with van der Waals surface area (Å²) in [6.45, 7) is 4.43. The maximum absolute atomic E-state index is 11.8. The number of ether oxygens (including phenoxy) is 2. The Labute approximate surface area is 83.8 Å². The van der Waals surface area contributed by atoms with Gasteiger partial charge in [0.2, 0.25) is 0 Å². The molecule has 0 spiro atoms. The lowest BCUT2D eigenvalue weighted by Crippen LogP contribution is -2.43. The van der Waals surface area contributed by atoms with Crippen LogP contribution in [0.25, 0.3) is 0 Å². The van der Waals surface area contributed by atoms with Gasteiger partial charge in [0.1, 0.15) is 6.10 Å². The molecule has 0 aromatic carbocycles. The molecule has 0 N–H and O–H groups in total. The number of rotatable bonds is 1.